The molecule has 2 atom stereocenters. The molecule has 1 saturated heterocycles. The maximum absolute atomic E-state index is 14.2. The minimum atomic E-state index is -0.332. The molecule has 0 spiro atoms. The van der Waals surface area contributed by atoms with Crippen LogP contribution in [0.4, 0.5) is 4.39 Å². The number of aromatic nitrogens is 1. The quantitative estimate of drug-likeness (QED) is 0.632. The number of likely N-dealkylation sites (tertiary alicyclic amines) is 1. The zero-order valence-electron chi connectivity index (χ0n) is 18.0. The molecule has 33 heavy (non-hydrogen) atoms. The van der Waals surface area contributed by atoms with Crippen LogP contribution in [-0.2, 0) is 16.0 Å². The predicted octanol–water partition coefficient (Wildman–Crippen LogP) is 3.32. The zero-order valence-corrected chi connectivity index (χ0v) is 18.0. The van der Waals surface area contributed by atoms with Crippen molar-refractivity contribution >= 4 is 11.8 Å². The van der Waals surface area contributed by atoms with Gasteiger partial charge in [0.25, 0.3) is 0 Å². The number of nitrogens with one attached hydrogen (secondary N) is 1. The van der Waals surface area contributed by atoms with Gasteiger partial charge in [0.2, 0.25) is 11.8 Å². The molecule has 2 unspecified atom stereocenters. The highest BCUT2D eigenvalue weighted by atomic mass is 19.1. The number of fused-ring (bicyclic) bond motifs is 1. The molecule has 3 aromatic rings. The van der Waals surface area contributed by atoms with Gasteiger partial charge in [-0.2, -0.15) is 0 Å². The lowest BCUT2D eigenvalue weighted by Gasteiger charge is -2.18. The van der Waals surface area contributed by atoms with E-state index in [1.54, 1.807) is 23.4 Å². The van der Waals surface area contributed by atoms with Crippen molar-refractivity contribution in [2.45, 2.75) is 24.9 Å². The standard InChI is InChI=1S/C26H24FN3O3/c27-21-9-19-10-22(33-26(19)23(12-21)18-7-4-8-28-13-18)14-29-24(31)16-30-15-20(11-25(30)32)17-5-2-1-3-6-17/h1-9,12-13,20,22H,10-11,14-16H2,(H,29,31). The Balaban J connectivity index is 1.18. The number of carbonyl (C=O) groups excluding carboxylic acids is 2. The third kappa shape index (κ3) is 4.58. The van der Waals surface area contributed by atoms with Gasteiger partial charge >= 0.3 is 0 Å². The Labute approximate surface area is 191 Å². The summed E-state index contributed by atoms with van der Waals surface area (Å²) in [6.07, 6.45) is 3.95. The van der Waals surface area contributed by atoms with Crippen molar-refractivity contribution in [3.05, 3.63) is 83.9 Å². The van der Waals surface area contributed by atoms with E-state index in [1.807, 2.05) is 36.4 Å². The van der Waals surface area contributed by atoms with Gasteiger partial charge in [-0.05, 0) is 23.8 Å². The monoisotopic (exact) mass is 445 g/mol. The Kier molecular flexibility index (Phi) is 5.77. The number of halogens is 1. The molecule has 2 aliphatic rings. The summed E-state index contributed by atoms with van der Waals surface area (Å²) in [5.41, 5.74) is 3.32. The summed E-state index contributed by atoms with van der Waals surface area (Å²) in [7, 11) is 0. The third-order valence-electron chi connectivity index (χ3n) is 6.18. The van der Waals surface area contributed by atoms with Crippen LogP contribution in [0.2, 0.25) is 0 Å². The minimum Gasteiger partial charge on any atom is -0.487 e. The lowest BCUT2D eigenvalue weighted by Crippen LogP contribution is -2.41. The van der Waals surface area contributed by atoms with Crippen LogP contribution in [-0.4, -0.2) is 47.4 Å². The normalized spacial score (nSPS) is 19.3. The highest BCUT2D eigenvalue weighted by Crippen LogP contribution is 2.39. The van der Waals surface area contributed by atoms with Gasteiger partial charge in [0.15, 0.2) is 0 Å². The van der Waals surface area contributed by atoms with Crippen LogP contribution in [0.5, 0.6) is 5.75 Å². The largest absolute Gasteiger partial charge is 0.487 e. The minimum absolute atomic E-state index is 0.0138. The smallest absolute Gasteiger partial charge is 0.239 e. The van der Waals surface area contributed by atoms with E-state index in [0.29, 0.717) is 30.7 Å². The average molecular weight is 445 g/mol. The van der Waals surface area contributed by atoms with Crippen LogP contribution in [0.25, 0.3) is 11.1 Å². The van der Waals surface area contributed by atoms with E-state index in [0.717, 1.165) is 16.7 Å². The molecule has 3 heterocycles. The summed E-state index contributed by atoms with van der Waals surface area (Å²) in [5.74, 6) is 0.167. The number of nitrogens with zero attached hydrogens (tertiary/aromatic N) is 2. The summed E-state index contributed by atoms with van der Waals surface area (Å²) in [6.45, 7) is 0.846. The molecule has 6 nitrogen and oxygen atoms in total. The summed E-state index contributed by atoms with van der Waals surface area (Å²) < 4.78 is 20.3. The number of carbonyl (C=O) groups is 2. The van der Waals surface area contributed by atoms with Crippen molar-refractivity contribution in [3.8, 4) is 16.9 Å². The Morgan fingerprint density at radius 1 is 1.15 bits per heavy atom. The van der Waals surface area contributed by atoms with Gasteiger partial charge in [-0.15, -0.1) is 0 Å². The van der Waals surface area contributed by atoms with Crippen molar-refractivity contribution in [1.82, 2.24) is 15.2 Å². The molecule has 1 aromatic heterocycles. The summed E-state index contributed by atoms with van der Waals surface area (Å²) in [5, 5.41) is 2.87. The first-order valence-electron chi connectivity index (χ1n) is 11.1. The fourth-order valence-corrected chi connectivity index (χ4v) is 4.58. The maximum atomic E-state index is 14.2. The number of benzene rings is 2. The van der Waals surface area contributed by atoms with Crippen LogP contribution in [0.15, 0.2) is 67.0 Å². The zero-order chi connectivity index (χ0) is 22.8. The van der Waals surface area contributed by atoms with E-state index >= 15 is 0 Å². The van der Waals surface area contributed by atoms with Crippen LogP contribution >= 0.6 is 0 Å². The van der Waals surface area contributed by atoms with Gasteiger partial charge in [0.05, 0.1) is 13.1 Å². The molecule has 168 valence electrons. The summed E-state index contributed by atoms with van der Waals surface area (Å²) >= 11 is 0. The lowest BCUT2D eigenvalue weighted by atomic mass is 9.99. The Morgan fingerprint density at radius 3 is 2.79 bits per heavy atom. The number of pyridine rings is 1. The number of amides is 2. The SMILES string of the molecule is O=C(CN1CC(c2ccccc2)CC1=O)NCC1Cc2cc(F)cc(-c3cccnc3)c2O1. The van der Waals surface area contributed by atoms with Gasteiger partial charge < -0.3 is 15.0 Å². The molecule has 2 amide bonds. The van der Waals surface area contributed by atoms with E-state index in [2.05, 4.69) is 10.3 Å². The first kappa shape index (κ1) is 21.1. The predicted molar refractivity (Wildman–Crippen MR) is 121 cm³/mol. The second-order valence-corrected chi connectivity index (χ2v) is 8.52. The molecule has 1 N–H and O–H groups in total. The third-order valence-corrected chi connectivity index (χ3v) is 6.18. The molecule has 0 saturated carbocycles. The number of rotatable bonds is 6. The van der Waals surface area contributed by atoms with E-state index < -0.39 is 0 Å². The average Bonchev–Trinajstić information content (AvgIpc) is 3.41. The van der Waals surface area contributed by atoms with Gasteiger partial charge in [0.1, 0.15) is 17.7 Å². The van der Waals surface area contributed by atoms with Crippen molar-refractivity contribution < 1.29 is 18.7 Å². The molecule has 1 fully saturated rings. The second-order valence-electron chi connectivity index (χ2n) is 8.52. The Morgan fingerprint density at radius 2 is 2.00 bits per heavy atom. The fraction of sp³-hybridized carbons (Fsp3) is 0.269. The Hall–Kier alpha value is -3.74. The van der Waals surface area contributed by atoms with Crippen LogP contribution in [0.1, 0.15) is 23.5 Å². The van der Waals surface area contributed by atoms with Gasteiger partial charge in [0, 0.05) is 54.4 Å². The molecule has 0 radical (unpaired) electrons. The molecule has 0 bridgehead atoms. The summed E-state index contributed by atoms with van der Waals surface area (Å²) in [6, 6.07) is 16.5. The van der Waals surface area contributed by atoms with E-state index in [-0.39, 0.29) is 42.7 Å². The topological polar surface area (TPSA) is 71.5 Å². The molecular weight excluding hydrogens is 421 g/mol. The van der Waals surface area contributed by atoms with Crippen molar-refractivity contribution in [2.24, 2.45) is 0 Å². The molecule has 2 aromatic carbocycles. The maximum Gasteiger partial charge on any atom is 0.239 e. The van der Waals surface area contributed by atoms with E-state index in [9.17, 15) is 14.0 Å². The van der Waals surface area contributed by atoms with Gasteiger partial charge in [-0.1, -0.05) is 36.4 Å². The van der Waals surface area contributed by atoms with E-state index in [4.69, 9.17) is 4.74 Å². The number of ether oxygens (including phenoxy) is 1. The van der Waals surface area contributed by atoms with E-state index in [1.165, 1.54) is 12.1 Å². The van der Waals surface area contributed by atoms with Crippen molar-refractivity contribution in [2.75, 3.05) is 19.6 Å². The highest BCUT2D eigenvalue weighted by Gasteiger charge is 2.32. The first-order chi connectivity index (χ1) is 16.1. The van der Waals surface area contributed by atoms with Crippen LogP contribution < -0.4 is 10.1 Å². The number of hydrogen-bond donors (Lipinski definition) is 1. The molecule has 7 heteroatoms. The highest BCUT2D eigenvalue weighted by molar-refractivity contribution is 5.86. The summed E-state index contributed by atoms with van der Waals surface area (Å²) in [4.78, 5) is 30.6. The molecule has 5 rings (SSSR count). The van der Waals surface area contributed by atoms with Gasteiger partial charge in [-0.25, -0.2) is 4.39 Å². The number of hydrogen-bond acceptors (Lipinski definition) is 4. The van der Waals surface area contributed by atoms with Crippen LogP contribution in [0.3, 0.4) is 0 Å². The first-order valence-corrected chi connectivity index (χ1v) is 11.1. The molecular formula is C26H24FN3O3. The Bertz CT molecular complexity index is 1170. The lowest BCUT2D eigenvalue weighted by molar-refractivity contribution is -0.133. The van der Waals surface area contributed by atoms with Gasteiger partial charge in [-0.3, -0.25) is 14.6 Å². The van der Waals surface area contributed by atoms with Crippen LogP contribution in [0, 0.1) is 5.82 Å². The molecule has 0 aliphatic carbocycles. The second kappa shape index (κ2) is 9.02. The van der Waals surface area contributed by atoms with Crippen molar-refractivity contribution in [3.63, 3.8) is 0 Å². The fourth-order valence-electron chi connectivity index (χ4n) is 4.58. The molecule has 2 aliphatic heterocycles. The van der Waals surface area contributed by atoms with Crippen molar-refractivity contribution in [1.29, 1.82) is 0 Å².